The zero-order valence-electron chi connectivity index (χ0n) is 16.5. The van der Waals surface area contributed by atoms with Gasteiger partial charge in [-0.2, -0.15) is 5.10 Å². The van der Waals surface area contributed by atoms with E-state index in [4.69, 9.17) is 21.9 Å². The second-order valence-electron chi connectivity index (χ2n) is 7.39. The fraction of sp³-hybridized carbons (Fsp3) is 0.0909. The molecule has 2 aromatic carbocycles. The number of ether oxygens (including phenoxy) is 1. The summed E-state index contributed by atoms with van der Waals surface area (Å²) in [6, 6.07) is 12.1. The average Bonchev–Trinajstić information content (AvgIpc) is 3.20. The lowest BCUT2D eigenvalue weighted by atomic mass is 9.70. The lowest BCUT2D eigenvalue weighted by molar-refractivity contribution is -0.124. The Kier molecular flexibility index (Phi) is 4.45. The van der Waals surface area contributed by atoms with Crippen LogP contribution in [0.15, 0.2) is 54.7 Å². The zero-order chi connectivity index (χ0) is 22.6. The minimum Gasteiger partial charge on any atom is -0.477 e. The van der Waals surface area contributed by atoms with Crippen molar-refractivity contribution in [3.8, 4) is 11.6 Å². The maximum atomic E-state index is 13.5. The Bertz CT molecular complexity index is 1390. The summed E-state index contributed by atoms with van der Waals surface area (Å²) < 4.78 is 6.21. The second-order valence-corrected chi connectivity index (χ2v) is 8.42. The number of aromatic carboxylic acids is 1. The van der Waals surface area contributed by atoms with Crippen LogP contribution in [-0.2, 0) is 10.3 Å². The fourth-order valence-electron chi connectivity index (χ4n) is 4.09. The van der Waals surface area contributed by atoms with E-state index in [1.807, 2.05) is 0 Å². The molecular formula is C22H17N5O4S. The molecule has 1 aliphatic carbocycles. The van der Waals surface area contributed by atoms with Crippen LogP contribution in [0, 0.1) is 0 Å². The summed E-state index contributed by atoms with van der Waals surface area (Å²) in [5.41, 5.74) is 19.2. The summed E-state index contributed by atoms with van der Waals surface area (Å²) in [5, 5.41) is 17.8. The maximum Gasteiger partial charge on any atom is 0.346 e. The van der Waals surface area contributed by atoms with E-state index in [1.165, 1.54) is 6.20 Å². The van der Waals surface area contributed by atoms with Crippen molar-refractivity contribution in [2.45, 2.75) is 11.6 Å². The van der Waals surface area contributed by atoms with Gasteiger partial charge in [-0.15, -0.1) is 16.4 Å². The molecule has 4 aromatic rings. The number of Topliss-reactive ketones (excluding diaryl/α,β-unsaturated/α-hetero) is 1. The molecule has 0 radical (unpaired) electrons. The Hall–Kier alpha value is -3.86. The Balaban J connectivity index is 1.66. The molecule has 0 saturated heterocycles. The molecule has 7 N–H and O–H groups in total. The molecule has 0 saturated carbocycles. The summed E-state index contributed by atoms with van der Waals surface area (Å²) >= 11 is 0.998. The number of nitrogens with two attached hydrogens (primary N) is 3. The summed E-state index contributed by atoms with van der Waals surface area (Å²) in [4.78, 5) is 25.3. The molecule has 0 bridgehead atoms. The molecule has 10 heteroatoms. The summed E-state index contributed by atoms with van der Waals surface area (Å²) in [6.07, 6.45) is 1.54. The Morgan fingerprint density at radius 2 is 1.91 bits per heavy atom. The molecule has 0 amide bonds. The van der Waals surface area contributed by atoms with Crippen LogP contribution in [0.3, 0.4) is 0 Å². The van der Waals surface area contributed by atoms with Crippen LogP contribution in [0.5, 0.6) is 11.6 Å². The number of carboxylic acids is 1. The van der Waals surface area contributed by atoms with E-state index in [2.05, 4.69) is 10.2 Å². The second kappa shape index (κ2) is 7.09. The number of carbonyl (C=O) groups is 2. The third-order valence-electron chi connectivity index (χ3n) is 5.59. The third-order valence-corrected chi connectivity index (χ3v) is 6.83. The topological polar surface area (TPSA) is 167 Å². The largest absolute Gasteiger partial charge is 0.477 e. The Morgan fingerprint density at radius 3 is 2.56 bits per heavy atom. The van der Waals surface area contributed by atoms with Crippen molar-refractivity contribution < 1.29 is 19.4 Å². The highest BCUT2D eigenvalue weighted by Crippen LogP contribution is 2.49. The molecule has 0 fully saturated rings. The highest BCUT2D eigenvalue weighted by molar-refractivity contribution is 7.21. The molecular weight excluding hydrogens is 430 g/mol. The van der Waals surface area contributed by atoms with Gasteiger partial charge in [0.25, 0.3) is 0 Å². The highest BCUT2D eigenvalue weighted by atomic mass is 32.1. The first-order chi connectivity index (χ1) is 15.3. The highest BCUT2D eigenvalue weighted by Gasteiger charge is 2.48. The van der Waals surface area contributed by atoms with Crippen LogP contribution in [0.25, 0.3) is 10.1 Å². The smallest absolute Gasteiger partial charge is 0.346 e. The molecule has 1 aliphatic rings. The number of aromatic nitrogens is 2. The predicted octanol–water partition coefficient (Wildman–Crippen LogP) is 2.55. The van der Waals surface area contributed by atoms with Crippen molar-refractivity contribution in [1.82, 2.24) is 10.2 Å². The predicted molar refractivity (Wildman–Crippen MR) is 119 cm³/mol. The van der Waals surface area contributed by atoms with Gasteiger partial charge in [0, 0.05) is 28.9 Å². The van der Waals surface area contributed by atoms with Gasteiger partial charge < -0.3 is 27.0 Å². The number of carboxylic acid groups (broad SMARTS) is 1. The van der Waals surface area contributed by atoms with Crippen molar-refractivity contribution >= 4 is 38.9 Å². The van der Waals surface area contributed by atoms with Crippen LogP contribution in [0.2, 0.25) is 0 Å². The first-order valence-corrected chi connectivity index (χ1v) is 10.4. The molecule has 5 rings (SSSR count). The van der Waals surface area contributed by atoms with Gasteiger partial charge in [0.05, 0.1) is 10.7 Å². The van der Waals surface area contributed by atoms with E-state index >= 15 is 0 Å². The maximum absolute atomic E-state index is 13.5. The average molecular weight is 447 g/mol. The van der Waals surface area contributed by atoms with E-state index in [9.17, 15) is 14.7 Å². The summed E-state index contributed by atoms with van der Waals surface area (Å²) in [6.45, 7) is 0. The lowest BCUT2D eigenvalue weighted by Gasteiger charge is -2.36. The van der Waals surface area contributed by atoms with Gasteiger partial charge in [0.2, 0.25) is 5.88 Å². The van der Waals surface area contributed by atoms with Crippen molar-refractivity contribution in [3.05, 3.63) is 76.3 Å². The third kappa shape index (κ3) is 2.78. The number of anilines is 1. The molecule has 2 heterocycles. The van der Waals surface area contributed by atoms with Crippen LogP contribution >= 0.6 is 11.3 Å². The van der Waals surface area contributed by atoms with E-state index in [-0.39, 0.29) is 10.4 Å². The first-order valence-electron chi connectivity index (χ1n) is 9.56. The number of benzene rings is 2. The van der Waals surface area contributed by atoms with Crippen LogP contribution in [0.1, 0.15) is 32.4 Å². The van der Waals surface area contributed by atoms with Crippen molar-refractivity contribution in [2.24, 2.45) is 11.5 Å². The van der Waals surface area contributed by atoms with E-state index < -0.39 is 23.3 Å². The number of nitrogens with zero attached hydrogens (tertiary/aromatic N) is 2. The van der Waals surface area contributed by atoms with Gasteiger partial charge in [-0.3, -0.25) is 4.79 Å². The van der Waals surface area contributed by atoms with Gasteiger partial charge in [0.1, 0.15) is 16.2 Å². The van der Waals surface area contributed by atoms with Crippen molar-refractivity contribution in [3.63, 3.8) is 0 Å². The summed E-state index contributed by atoms with van der Waals surface area (Å²) in [5.74, 6) is -0.857. The normalized spacial score (nSPS) is 19.8. The number of ketones is 1. The molecule has 32 heavy (non-hydrogen) atoms. The van der Waals surface area contributed by atoms with Crippen molar-refractivity contribution in [2.75, 3.05) is 5.73 Å². The quantitative estimate of drug-likeness (QED) is 0.344. The molecule has 0 aliphatic heterocycles. The van der Waals surface area contributed by atoms with E-state index in [0.717, 1.165) is 11.3 Å². The number of thiophene rings is 1. The Labute approximate surface area is 185 Å². The van der Waals surface area contributed by atoms with Crippen LogP contribution in [0.4, 0.5) is 5.69 Å². The molecule has 2 unspecified atom stereocenters. The molecule has 9 nitrogen and oxygen atoms in total. The molecule has 2 aromatic heterocycles. The first kappa shape index (κ1) is 20.1. The van der Waals surface area contributed by atoms with E-state index in [0.29, 0.717) is 38.5 Å². The van der Waals surface area contributed by atoms with Gasteiger partial charge in [0.15, 0.2) is 5.78 Å². The number of nitrogen functional groups attached to an aromatic ring is 1. The molecule has 160 valence electrons. The van der Waals surface area contributed by atoms with Gasteiger partial charge in [-0.1, -0.05) is 18.2 Å². The summed E-state index contributed by atoms with van der Waals surface area (Å²) in [7, 11) is 0. The molecule has 0 spiro atoms. The van der Waals surface area contributed by atoms with Crippen LogP contribution < -0.4 is 21.9 Å². The fourth-order valence-corrected chi connectivity index (χ4v) is 5.22. The minimum absolute atomic E-state index is 0.00484. The molecule has 2 atom stereocenters. The number of hydrogen-bond acceptors (Lipinski definition) is 9. The van der Waals surface area contributed by atoms with E-state index in [1.54, 1.807) is 48.5 Å². The number of rotatable bonds is 4. The van der Waals surface area contributed by atoms with Gasteiger partial charge >= 0.3 is 5.97 Å². The Morgan fingerprint density at radius 1 is 1.16 bits per heavy atom. The van der Waals surface area contributed by atoms with Gasteiger partial charge in [-0.25, -0.2) is 4.79 Å². The number of carbonyl (C=O) groups excluding carboxylic acids is 1. The minimum atomic E-state index is -1.58. The monoisotopic (exact) mass is 447 g/mol. The van der Waals surface area contributed by atoms with Gasteiger partial charge in [-0.05, 0) is 35.4 Å². The van der Waals surface area contributed by atoms with Crippen molar-refractivity contribution in [1.29, 1.82) is 0 Å². The van der Waals surface area contributed by atoms with Crippen LogP contribution in [-0.4, -0.2) is 27.1 Å². The SMILES string of the molecule is Nc1ccc2c3c(c(C(=O)O)sc13)C(N)C(=O)C2(N)c1ccc(Oc2cccnn2)cc1. The number of hydrogen-bond donors (Lipinski definition) is 4. The zero-order valence-corrected chi connectivity index (χ0v) is 17.3. The lowest BCUT2D eigenvalue weighted by Crippen LogP contribution is -2.52. The standard InChI is InChI=1S/C22H17N5O4S/c23-13-8-7-12-15-16(19(21(29)30)32-18(13)15)17(24)20(28)22(12,25)10-3-5-11(6-4-10)31-14-2-1-9-26-27-14/h1-9,17H,23-25H2,(H,29,30).